The number of hydrogen-bond acceptors (Lipinski definition) is 3. The van der Waals surface area contributed by atoms with Gasteiger partial charge in [0.05, 0.1) is 12.2 Å². The van der Waals surface area contributed by atoms with Crippen molar-refractivity contribution in [3.63, 3.8) is 0 Å². The Labute approximate surface area is 89.8 Å². The predicted octanol–water partition coefficient (Wildman–Crippen LogP) is 3.73. The van der Waals surface area contributed by atoms with Gasteiger partial charge in [-0.25, -0.2) is 0 Å². The van der Waals surface area contributed by atoms with Crippen molar-refractivity contribution in [2.24, 2.45) is 0 Å². The molecular formula is C10H20OS2. The van der Waals surface area contributed by atoms with Crippen molar-refractivity contribution in [2.45, 2.75) is 63.2 Å². The second-order valence-electron chi connectivity index (χ2n) is 3.74. The van der Waals surface area contributed by atoms with Crippen LogP contribution in [-0.4, -0.2) is 22.7 Å². The van der Waals surface area contributed by atoms with Gasteiger partial charge in [-0.3, -0.25) is 0 Å². The summed E-state index contributed by atoms with van der Waals surface area (Å²) >= 11 is 0. The molecule has 0 aromatic carbocycles. The van der Waals surface area contributed by atoms with E-state index in [1.807, 2.05) is 21.6 Å². The van der Waals surface area contributed by atoms with Crippen LogP contribution in [0.4, 0.5) is 0 Å². The summed E-state index contributed by atoms with van der Waals surface area (Å²) in [6, 6.07) is 0. The Morgan fingerprint density at radius 1 is 1.08 bits per heavy atom. The maximum atomic E-state index is 5.98. The van der Waals surface area contributed by atoms with Crippen LogP contribution in [0.15, 0.2) is 0 Å². The first kappa shape index (κ1) is 11.7. The molecule has 0 N–H and O–H groups in total. The Morgan fingerprint density at radius 2 is 1.54 bits per heavy atom. The highest BCUT2D eigenvalue weighted by Gasteiger charge is 2.36. The van der Waals surface area contributed by atoms with Crippen LogP contribution in [0.25, 0.3) is 0 Å². The van der Waals surface area contributed by atoms with Gasteiger partial charge >= 0.3 is 0 Å². The number of rotatable bonds is 4. The minimum atomic E-state index is 0.368. The highest BCUT2D eigenvalue weighted by Crippen LogP contribution is 2.47. The minimum absolute atomic E-state index is 0.368. The normalized spacial score (nSPS) is 34.4. The van der Waals surface area contributed by atoms with Gasteiger partial charge in [-0.1, -0.05) is 35.4 Å². The Balaban J connectivity index is 2.51. The minimum Gasteiger partial charge on any atom is -0.373 e. The topological polar surface area (TPSA) is 9.23 Å². The first-order valence-corrected chi connectivity index (χ1v) is 7.44. The van der Waals surface area contributed by atoms with Crippen molar-refractivity contribution in [2.75, 3.05) is 0 Å². The van der Waals surface area contributed by atoms with Crippen LogP contribution in [0.1, 0.15) is 40.5 Å². The highest BCUT2D eigenvalue weighted by atomic mass is 33.1. The van der Waals surface area contributed by atoms with Crippen LogP contribution in [0.3, 0.4) is 0 Å². The second kappa shape index (κ2) is 5.52. The first-order valence-electron chi connectivity index (χ1n) is 5.16. The van der Waals surface area contributed by atoms with E-state index in [0.717, 1.165) is 0 Å². The summed E-state index contributed by atoms with van der Waals surface area (Å²) in [7, 11) is 4.03. The van der Waals surface area contributed by atoms with Crippen molar-refractivity contribution in [3.8, 4) is 0 Å². The molecule has 13 heavy (non-hydrogen) atoms. The monoisotopic (exact) mass is 220 g/mol. The fraction of sp³-hybridized carbons (Fsp3) is 1.00. The SMILES string of the molecule is CCC1SS[C@H](CC)C1OC(C)C. The van der Waals surface area contributed by atoms with E-state index in [2.05, 4.69) is 27.7 Å². The average Bonchev–Trinajstić information content (AvgIpc) is 2.46. The van der Waals surface area contributed by atoms with Crippen LogP contribution < -0.4 is 0 Å². The fourth-order valence-electron chi connectivity index (χ4n) is 1.58. The third kappa shape index (κ3) is 3.07. The van der Waals surface area contributed by atoms with Gasteiger partial charge in [0.1, 0.15) is 0 Å². The molecular weight excluding hydrogens is 200 g/mol. The molecule has 1 saturated heterocycles. The van der Waals surface area contributed by atoms with Gasteiger partial charge in [0.25, 0.3) is 0 Å². The first-order chi connectivity index (χ1) is 6.19. The third-order valence-electron chi connectivity index (χ3n) is 2.27. The molecule has 0 radical (unpaired) electrons. The van der Waals surface area contributed by atoms with E-state index in [-0.39, 0.29) is 0 Å². The molecule has 0 aliphatic carbocycles. The van der Waals surface area contributed by atoms with Gasteiger partial charge < -0.3 is 4.74 Å². The molecule has 78 valence electrons. The van der Waals surface area contributed by atoms with E-state index < -0.39 is 0 Å². The lowest BCUT2D eigenvalue weighted by molar-refractivity contribution is 0.00682. The van der Waals surface area contributed by atoms with Crippen molar-refractivity contribution in [1.29, 1.82) is 0 Å². The van der Waals surface area contributed by atoms with Gasteiger partial charge in [-0.05, 0) is 26.7 Å². The molecule has 0 bridgehead atoms. The molecule has 1 heterocycles. The molecule has 0 aromatic rings. The van der Waals surface area contributed by atoms with E-state index in [1.54, 1.807) is 0 Å². The standard InChI is InChI=1S/C10H20OS2/c1-5-8-10(11-7(3)4)9(6-2)13-12-8/h7-10H,5-6H2,1-4H3/t8-,9?,10?/m1/s1. The Bertz CT molecular complexity index is 138. The van der Waals surface area contributed by atoms with Crippen molar-refractivity contribution in [1.82, 2.24) is 0 Å². The summed E-state index contributed by atoms with van der Waals surface area (Å²) in [4.78, 5) is 0. The molecule has 1 aliphatic rings. The smallest absolute Gasteiger partial charge is 0.0831 e. The Kier molecular flexibility index (Phi) is 4.98. The molecule has 0 saturated carbocycles. The quantitative estimate of drug-likeness (QED) is 0.668. The van der Waals surface area contributed by atoms with E-state index in [1.165, 1.54) is 12.8 Å². The van der Waals surface area contributed by atoms with Gasteiger partial charge in [0.2, 0.25) is 0 Å². The van der Waals surface area contributed by atoms with Gasteiger partial charge in [-0.15, -0.1) is 0 Å². The summed E-state index contributed by atoms with van der Waals surface area (Å²) in [5, 5.41) is 1.41. The molecule has 0 amide bonds. The average molecular weight is 220 g/mol. The molecule has 3 heteroatoms. The zero-order valence-electron chi connectivity index (χ0n) is 8.95. The number of ether oxygens (including phenoxy) is 1. The summed E-state index contributed by atoms with van der Waals surface area (Å²) in [5.41, 5.74) is 0. The van der Waals surface area contributed by atoms with Crippen molar-refractivity contribution >= 4 is 21.6 Å². The highest BCUT2D eigenvalue weighted by molar-refractivity contribution is 8.77. The van der Waals surface area contributed by atoms with Gasteiger partial charge in [-0.2, -0.15) is 0 Å². The predicted molar refractivity (Wildman–Crippen MR) is 63.3 cm³/mol. The van der Waals surface area contributed by atoms with E-state index in [9.17, 15) is 0 Å². The summed E-state index contributed by atoms with van der Waals surface area (Å²) in [6.07, 6.45) is 3.30. The van der Waals surface area contributed by atoms with Gasteiger partial charge in [0, 0.05) is 10.5 Å². The lowest BCUT2D eigenvalue weighted by atomic mass is 10.1. The molecule has 1 nitrogen and oxygen atoms in total. The molecule has 3 atom stereocenters. The molecule has 2 unspecified atom stereocenters. The molecule has 1 rings (SSSR count). The zero-order valence-corrected chi connectivity index (χ0v) is 10.6. The van der Waals surface area contributed by atoms with Crippen molar-refractivity contribution in [3.05, 3.63) is 0 Å². The van der Waals surface area contributed by atoms with Crippen molar-refractivity contribution < 1.29 is 4.74 Å². The second-order valence-corrected chi connectivity index (χ2v) is 6.49. The third-order valence-corrected chi connectivity index (χ3v) is 5.89. The van der Waals surface area contributed by atoms with Crippen LogP contribution in [0.5, 0.6) is 0 Å². The fourth-order valence-corrected chi connectivity index (χ4v) is 5.30. The molecule has 1 aliphatic heterocycles. The lowest BCUT2D eigenvalue weighted by Crippen LogP contribution is -2.32. The molecule has 1 fully saturated rings. The summed E-state index contributed by atoms with van der Waals surface area (Å²) < 4.78 is 5.98. The Hall–Kier alpha value is 0.660. The zero-order chi connectivity index (χ0) is 9.84. The van der Waals surface area contributed by atoms with Crippen LogP contribution in [0.2, 0.25) is 0 Å². The van der Waals surface area contributed by atoms with Crippen LogP contribution in [-0.2, 0) is 4.74 Å². The molecule has 0 spiro atoms. The van der Waals surface area contributed by atoms with Crippen LogP contribution in [0, 0.1) is 0 Å². The summed E-state index contributed by atoms with van der Waals surface area (Å²) in [5.74, 6) is 0. The maximum Gasteiger partial charge on any atom is 0.0831 e. The van der Waals surface area contributed by atoms with E-state index in [4.69, 9.17) is 4.74 Å². The van der Waals surface area contributed by atoms with Crippen LogP contribution >= 0.6 is 21.6 Å². The molecule has 0 aromatic heterocycles. The largest absolute Gasteiger partial charge is 0.373 e. The van der Waals surface area contributed by atoms with E-state index >= 15 is 0 Å². The number of hydrogen-bond donors (Lipinski definition) is 0. The summed E-state index contributed by atoms with van der Waals surface area (Å²) in [6.45, 7) is 8.78. The lowest BCUT2D eigenvalue weighted by Gasteiger charge is -2.24. The Morgan fingerprint density at radius 3 is 1.85 bits per heavy atom. The maximum absolute atomic E-state index is 5.98. The van der Waals surface area contributed by atoms with Gasteiger partial charge in [0.15, 0.2) is 0 Å². The van der Waals surface area contributed by atoms with E-state index in [0.29, 0.717) is 22.7 Å².